The van der Waals surface area contributed by atoms with Gasteiger partial charge in [0.15, 0.2) is 5.97 Å². The van der Waals surface area contributed by atoms with Gasteiger partial charge in [0.2, 0.25) is 0 Å². The van der Waals surface area contributed by atoms with Crippen molar-refractivity contribution in [1.29, 1.82) is 0 Å². The van der Waals surface area contributed by atoms with Gasteiger partial charge in [0, 0.05) is 16.5 Å². The molecular weight excluding hydrogens is 115 g/mol. The Morgan fingerprint density at radius 3 is 1.80 bits per heavy atom. The fourth-order valence-corrected chi connectivity index (χ4v) is 0. The summed E-state index contributed by atoms with van der Waals surface area (Å²) < 4.78 is 0. The summed E-state index contributed by atoms with van der Waals surface area (Å²) in [5.41, 5.74) is 0. The first kappa shape index (κ1) is 8.85. The molecule has 0 saturated heterocycles. The van der Waals surface area contributed by atoms with E-state index < -0.39 is 5.97 Å². The summed E-state index contributed by atoms with van der Waals surface area (Å²) in [4.78, 5) is 8.89. The van der Waals surface area contributed by atoms with Crippen molar-refractivity contribution in [3.8, 4) is 0 Å². The van der Waals surface area contributed by atoms with Gasteiger partial charge in [0.05, 0.1) is 0 Å². The molecule has 0 saturated carbocycles. The summed E-state index contributed by atoms with van der Waals surface area (Å²) in [5, 5.41) is 7.31. The molecule has 0 aliphatic rings. The number of hydrogen-bond donors (Lipinski definition) is 1. The van der Waals surface area contributed by atoms with Gasteiger partial charge in [-0.2, -0.15) is 0 Å². The molecule has 0 unspecified atom stereocenters. The van der Waals surface area contributed by atoms with E-state index in [1.54, 1.807) is 0 Å². The summed E-state index contributed by atoms with van der Waals surface area (Å²) in [6.45, 7) is 2.56. The van der Waals surface area contributed by atoms with Gasteiger partial charge in [0.25, 0.3) is 0 Å². The molecule has 34 valence electrons. The van der Waals surface area contributed by atoms with Crippen LogP contribution in [0.15, 0.2) is 0 Å². The first-order valence-electron chi connectivity index (χ1n) is 0.781. The van der Waals surface area contributed by atoms with Crippen LogP contribution < -0.4 is 0 Å². The molecule has 0 spiro atoms. The molecule has 1 N–H and O–H groups in total. The molecule has 2 nitrogen and oxygen atoms in total. The Balaban J connectivity index is 0. The van der Waals surface area contributed by atoms with Crippen LogP contribution in [0.5, 0.6) is 0 Å². The zero-order valence-corrected chi connectivity index (χ0v) is 3.37. The van der Waals surface area contributed by atoms with Crippen molar-refractivity contribution in [1.82, 2.24) is 0 Å². The summed E-state index contributed by atoms with van der Waals surface area (Å²) in [7, 11) is 0. The van der Waals surface area contributed by atoms with Crippen LogP contribution in [-0.4, -0.2) is 11.1 Å². The van der Waals surface area contributed by atoms with Crippen LogP contribution in [-0.2, 0) is 21.3 Å². The van der Waals surface area contributed by atoms with E-state index in [0.29, 0.717) is 0 Å². The number of carbonyl (C=O) groups is 1. The first-order valence-corrected chi connectivity index (χ1v) is 0.781. The minimum atomic E-state index is -1.08. The monoisotopic (exact) mass is 117 g/mol. The topological polar surface area (TPSA) is 37.3 Å². The van der Waals surface area contributed by atoms with Gasteiger partial charge >= 0.3 is 0 Å². The van der Waals surface area contributed by atoms with Crippen LogP contribution >= 0.6 is 0 Å². The number of hydrogen-bond acceptors (Lipinski definition) is 1. The Morgan fingerprint density at radius 1 is 1.80 bits per heavy atom. The molecule has 0 aliphatic carbocycles. The Kier molecular flexibility index (Phi) is 6.78. The molecule has 0 fully saturated rings. The molecule has 0 atom stereocenters. The normalized spacial score (nSPS) is 4.80. The van der Waals surface area contributed by atoms with Gasteiger partial charge in [-0.25, -0.2) is 0 Å². The maximum atomic E-state index is 8.89. The molecule has 0 aromatic heterocycles. The Labute approximate surface area is 40.1 Å². The van der Waals surface area contributed by atoms with E-state index in [9.17, 15) is 0 Å². The second-order valence-corrected chi connectivity index (χ2v) is 0.394. The quantitative estimate of drug-likeness (QED) is 0.356. The Hall–Kier alpha value is -0.166. The van der Waals surface area contributed by atoms with Gasteiger partial charge in [0.1, 0.15) is 0 Å². The van der Waals surface area contributed by atoms with Gasteiger partial charge in [-0.1, -0.05) is 0 Å². The van der Waals surface area contributed by atoms with E-state index in [-0.39, 0.29) is 16.5 Å². The molecule has 0 aromatic carbocycles. The second-order valence-electron chi connectivity index (χ2n) is 0.394. The zero-order valence-electron chi connectivity index (χ0n) is 2.38. The van der Waals surface area contributed by atoms with E-state index >= 15 is 0 Å². The molecule has 0 aromatic rings. The fourth-order valence-electron chi connectivity index (χ4n) is 0. The summed E-state index contributed by atoms with van der Waals surface area (Å²) in [5.74, 6) is -1.08. The molecular formula is C2H3NiO2-. The van der Waals surface area contributed by atoms with Gasteiger partial charge < -0.3 is 5.11 Å². The van der Waals surface area contributed by atoms with Crippen molar-refractivity contribution in [3.63, 3.8) is 0 Å². The van der Waals surface area contributed by atoms with Crippen LogP contribution in [0.1, 0.15) is 0 Å². The minimum absolute atomic E-state index is 0. The van der Waals surface area contributed by atoms with Gasteiger partial charge in [-0.3, -0.25) is 11.7 Å². The molecule has 0 aliphatic heterocycles. The maximum Gasteiger partial charge on any atom is 0.161 e. The van der Waals surface area contributed by atoms with Gasteiger partial charge in [-0.05, 0) is 0 Å². The van der Waals surface area contributed by atoms with Crippen LogP contribution in [0.3, 0.4) is 0 Å². The zero-order chi connectivity index (χ0) is 3.58. The number of carboxylic acids is 1. The molecule has 0 bridgehead atoms. The Morgan fingerprint density at radius 2 is 1.80 bits per heavy atom. The van der Waals surface area contributed by atoms with Crippen LogP contribution in [0, 0.1) is 6.92 Å². The Bertz CT molecular complexity index is 30.6. The van der Waals surface area contributed by atoms with Crippen LogP contribution in [0.25, 0.3) is 0 Å². The van der Waals surface area contributed by atoms with Crippen LogP contribution in [0.2, 0.25) is 0 Å². The standard InChI is InChI=1S/C2H3O2.Ni/c1-2(3)4;/h1H2,(H,3,4);/q-1;. The second kappa shape index (κ2) is 3.83. The van der Waals surface area contributed by atoms with E-state index in [1.807, 2.05) is 0 Å². The number of aliphatic carboxylic acids is 1. The number of rotatable bonds is 0. The third-order valence-corrected chi connectivity index (χ3v) is 0. The molecule has 0 radical (unpaired) electrons. The third-order valence-electron chi connectivity index (χ3n) is 0. The number of carboxylic acid groups (broad SMARTS) is 1. The molecule has 0 amide bonds. The average Bonchev–Trinajstić information content (AvgIpc) is 0.811. The summed E-state index contributed by atoms with van der Waals surface area (Å²) in [6.07, 6.45) is 0. The molecule has 0 rings (SSSR count). The van der Waals surface area contributed by atoms with E-state index in [2.05, 4.69) is 6.92 Å². The predicted molar refractivity (Wildman–Crippen MR) is 13.0 cm³/mol. The molecule has 5 heavy (non-hydrogen) atoms. The van der Waals surface area contributed by atoms with Crippen molar-refractivity contribution >= 4 is 5.97 Å². The summed E-state index contributed by atoms with van der Waals surface area (Å²) >= 11 is 0. The molecule has 0 heterocycles. The largest absolute Gasteiger partial charge is 0.503 e. The van der Waals surface area contributed by atoms with E-state index in [4.69, 9.17) is 9.90 Å². The van der Waals surface area contributed by atoms with Gasteiger partial charge in [-0.15, -0.1) is 0 Å². The van der Waals surface area contributed by atoms with Crippen molar-refractivity contribution in [2.75, 3.05) is 0 Å². The maximum absolute atomic E-state index is 8.89. The summed E-state index contributed by atoms with van der Waals surface area (Å²) in [6, 6.07) is 0. The molecule has 3 heteroatoms. The predicted octanol–water partition coefficient (Wildman–Crippen LogP) is -0.0974. The van der Waals surface area contributed by atoms with Crippen molar-refractivity contribution in [2.45, 2.75) is 0 Å². The SMILES string of the molecule is [CH2-]C(=O)O.[Ni]. The van der Waals surface area contributed by atoms with E-state index in [1.165, 1.54) is 0 Å². The fraction of sp³-hybridized carbons (Fsp3) is 0. The van der Waals surface area contributed by atoms with Crippen molar-refractivity contribution in [2.24, 2.45) is 0 Å². The van der Waals surface area contributed by atoms with Crippen molar-refractivity contribution < 1.29 is 26.4 Å². The smallest absolute Gasteiger partial charge is 0.161 e. The van der Waals surface area contributed by atoms with Crippen LogP contribution in [0.4, 0.5) is 0 Å². The minimum Gasteiger partial charge on any atom is -0.503 e. The van der Waals surface area contributed by atoms with Crippen molar-refractivity contribution in [3.05, 3.63) is 6.92 Å². The first-order chi connectivity index (χ1) is 1.73. The third kappa shape index (κ3) is 465. The average molecular weight is 118 g/mol. The van der Waals surface area contributed by atoms with E-state index in [0.717, 1.165) is 0 Å².